The predicted octanol–water partition coefficient (Wildman–Crippen LogP) is 1.12. The molecule has 82 valence electrons. The average molecular weight is 210 g/mol. The van der Waals surface area contributed by atoms with Crippen LogP contribution in [0.2, 0.25) is 0 Å². The molecule has 1 aromatic heterocycles. The van der Waals surface area contributed by atoms with Gasteiger partial charge in [0, 0.05) is 11.6 Å². The van der Waals surface area contributed by atoms with Gasteiger partial charge in [0.15, 0.2) is 0 Å². The molecule has 0 saturated carbocycles. The lowest BCUT2D eigenvalue weighted by atomic mass is 10.1. The zero-order valence-corrected chi connectivity index (χ0v) is 8.86. The fourth-order valence-corrected chi connectivity index (χ4v) is 1.85. The minimum Gasteiger partial charge on any atom is -0.481 e. The molecule has 1 N–H and O–H groups in total. The number of carboxylic acid groups (broad SMARTS) is 1. The van der Waals surface area contributed by atoms with E-state index in [2.05, 4.69) is 5.10 Å². The second-order valence-electron chi connectivity index (χ2n) is 3.97. The van der Waals surface area contributed by atoms with Gasteiger partial charge in [-0.3, -0.25) is 9.48 Å². The Morgan fingerprint density at radius 3 is 2.93 bits per heavy atom. The molecule has 0 atom stereocenters. The summed E-state index contributed by atoms with van der Waals surface area (Å²) >= 11 is 0. The van der Waals surface area contributed by atoms with Crippen LogP contribution in [0.4, 0.5) is 0 Å². The van der Waals surface area contributed by atoms with Crippen molar-refractivity contribution >= 4 is 5.97 Å². The first-order valence-corrected chi connectivity index (χ1v) is 4.98. The molecule has 2 rings (SSSR count). The average Bonchev–Trinajstić information content (AvgIpc) is 2.66. The van der Waals surface area contributed by atoms with E-state index >= 15 is 0 Å². The lowest BCUT2D eigenvalue weighted by Crippen LogP contribution is -2.13. The van der Waals surface area contributed by atoms with Gasteiger partial charge in [-0.25, -0.2) is 0 Å². The smallest absolute Gasteiger partial charge is 0.309 e. The van der Waals surface area contributed by atoms with E-state index in [1.165, 1.54) is 0 Å². The predicted molar refractivity (Wildman–Crippen MR) is 52.4 cm³/mol. The molecule has 5 heteroatoms. The maximum absolute atomic E-state index is 10.8. The summed E-state index contributed by atoms with van der Waals surface area (Å²) in [5, 5.41) is 13.2. The van der Waals surface area contributed by atoms with Gasteiger partial charge >= 0.3 is 5.97 Å². The van der Waals surface area contributed by atoms with Gasteiger partial charge < -0.3 is 9.84 Å². The molecular weight excluding hydrogens is 196 g/mol. The highest BCUT2D eigenvalue weighted by molar-refractivity contribution is 5.70. The van der Waals surface area contributed by atoms with Gasteiger partial charge in [0.2, 0.25) is 0 Å². The SMILES string of the molecule is CC(C)n1nc2c(c1CC(=O)O)COC2. The Bertz CT molecular complexity index is 396. The van der Waals surface area contributed by atoms with Crippen LogP contribution >= 0.6 is 0 Å². The molecule has 2 heterocycles. The van der Waals surface area contributed by atoms with Crippen LogP contribution < -0.4 is 0 Å². The highest BCUT2D eigenvalue weighted by Crippen LogP contribution is 2.25. The van der Waals surface area contributed by atoms with Crippen LogP contribution in [0.1, 0.15) is 36.8 Å². The molecule has 0 saturated heterocycles. The number of aromatic nitrogens is 2. The number of carboxylic acids is 1. The maximum atomic E-state index is 10.8. The van der Waals surface area contributed by atoms with Gasteiger partial charge in [-0.2, -0.15) is 5.10 Å². The summed E-state index contributed by atoms with van der Waals surface area (Å²) in [5.74, 6) is -0.827. The van der Waals surface area contributed by atoms with Crippen LogP contribution in [0.25, 0.3) is 0 Å². The molecule has 15 heavy (non-hydrogen) atoms. The first-order chi connectivity index (χ1) is 7.09. The maximum Gasteiger partial charge on any atom is 0.309 e. The highest BCUT2D eigenvalue weighted by atomic mass is 16.5. The van der Waals surface area contributed by atoms with Crippen molar-refractivity contribution < 1.29 is 14.6 Å². The topological polar surface area (TPSA) is 64.4 Å². The summed E-state index contributed by atoms with van der Waals surface area (Å²) in [4.78, 5) is 10.8. The molecule has 0 aromatic carbocycles. The zero-order valence-electron chi connectivity index (χ0n) is 8.86. The van der Waals surface area contributed by atoms with E-state index in [-0.39, 0.29) is 12.5 Å². The summed E-state index contributed by atoms with van der Waals surface area (Å²) in [5.41, 5.74) is 2.64. The van der Waals surface area contributed by atoms with Crippen molar-refractivity contribution in [3.05, 3.63) is 17.0 Å². The van der Waals surface area contributed by atoms with E-state index in [4.69, 9.17) is 9.84 Å². The van der Waals surface area contributed by atoms with Gasteiger partial charge in [0.1, 0.15) is 0 Å². The highest BCUT2D eigenvalue weighted by Gasteiger charge is 2.24. The summed E-state index contributed by atoms with van der Waals surface area (Å²) in [7, 11) is 0. The normalized spacial score (nSPS) is 14.6. The van der Waals surface area contributed by atoms with E-state index in [1.54, 1.807) is 4.68 Å². The number of nitrogens with zero attached hydrogens (tertiary/aromatic N) is 2. The van der Waals surface area contributed by atoms with Gasteiger partial charge in [-0.15, -0.1) is 0 Å². The van der Waals surface area contributed by atoms with Crippen LogP contribution in [-0.2, 0) is 29.2 Å². The number of ether oxygens (including phenoxy) is 1. The molecule has 0 bridgehead atoms. The van der Waals surface area contributed by atoms with E-state index in [1.807, 2.05) is 13.8 Å². The Labute approximate surface area is 87.7 Å². The molecule has 0 radical (unpaired) electrons. The third-order valence-electron chi connectivity index (χ3n) is 2.49. The summed E-state index contributed by atoms with van der Waals surface area (Å²) < 4.78 is 7.04. The van der Waals surface area contributed by atoms with Gasteiger partial charge in [0.05, 0.1) is 31.0 Å². The molecule has 1 aliphatic heterocycles. The molecular formula is C10H14N2O3. The molecule has 1 aromatic rings. The summed E-state index contributed by atoms with van der Waals surface area (Å²) in [6.45, 7) is 4.98. The Morgan fingerprint density at radius 2 is 2.33 bits per heavy atom. The van der Waals surface area contributed by atoms with Crippen molar-refractivity contribution in [3.8, 4) is 0 Å². The van der Waals surface area contributed by atoms with Crippen molar-refractivity contribution in [2.75, 3.05) is 0 Å². The lowest BCUT2D eigenvalue weighted by molar-refractivity contribution is -0.136. The van der Waals surface area contributed by atoms with Crippen LogP contribution in [0.5, 0.6) is 0 Å². The van der Waals surface area contributed by atoms with Gasteiger partial charge in [0.25, 0.3) is 0 Å². The van der Waals surface area contributed by atoms with E-state index in [0.29, 0.717) is 13.2 Å². The van der Waals surface area contributed by atoms with Crippen molar-refractivity contribution in [1.29, 1.82) is 0 Å². The number of rotatable bonds is 3. The molecule has 0 unspecified atom stereocenters. The zero-order chi connectivity index (χ0) is 11.0. The Kier molecular flexibility index (Phi) is 2.48. The monoisotopic (exact) mass is 210 g/mol. The van der Waals surface area contributed by atoms with E-state index in [9.17, 15) is 4.79 Å². The molecule has 5 nitrogen and oxygen atoms in total. The molecule has 0 spiro atoms. The van der Waals surface area contributed by atoms with Gasteiger partial charge in [-0.05, 0) is 13.8 Å². The van der Waals surface area contributed by atoms with Crippen LogP contribution in [0.15, 0.2) is 0 Å². The van der Waals surface area contributed by atoms with Gasteiger partial charge in [-0.1, -0.05) is 0 Å². The van der Waals surface area contributed by atoms with Crippen molar-refractivity contribution in [3.63, 3.8) is 0 Å². The Morgan fingerprint density at radius 1 is 1.60 bits per heavy atom. The third kappa shape index (κ3) is 1.74. The largest absolute Gasteiger partial charge is 0.481 e. The van der Waals surface area contributed by atoms with Crippen molar-refractivity contribution in [2.45, 2.75) is 39.5 Å². The van der Waals surface area contributed by atoms with Crippen LogP contribution in [0, 0.1) is 0 Å². The third-order valence-corrected chi connectivity index (χ3v) is 2.49. The number of carbonyl (C=O) groups is 1. The molecule has 0 amide bonds. The number of hydrogen-bond donors (Lipinski definition) is 1. The number of hydrogen-bond acceptors (Lipinski definition) is 3. The number of fused-ring (bicyclic) bond motifs is 1. The standard InChI is InChI=1S/C10H14N2O3/c1-6(2)12-9(3-10(13)14)7-4-15-5-8(7)11-12/h6H,3-5H2,1-2H3,(H,13,14). The Hall–Kier alpha value is -1.36. The van der Waals surface area contributed by atoms with Crippen molar-refractivity contribution in [2.24, 2.45) is 0 Å². The van der Waals surface area contributed by atoms with E-state index < -0.39 is 5.97 Å². The molecule has 0 fully saturated rings. The van der Waals surface area contributed by atoms with E-state index in [0.717, 1.165) is 17.0 Å². The summed E-state index contributed by atoms with van der Waals surface area (Å²) in [6, 6.07) is 0.185. The Balaban J connectivity index is 2.43. The minimum atomic E-state index is -0.827. The minimum absolute atomic E-state index is 0.0177. The fraction of sp³-hybridized carbons (Fsp3) is 0.600. The molecule has 0 aliphatic carbocycles. The first kappa shape index (κ1) is 10.2. The first-order valence-electron chi connectivity index (χ1n) is 4.98. The second-order valence-corrected chi connectivity index (χ2v) is 3.97. The van der Waals surface area contributed by atoms with Crippen LogP contribution in [-0.4, -0.2) is 20.9 Å². The second kappa shape index (κ2) is 3.66. The quantitative estimate of drug-likeness (QED) is 0.812. The lowest BCUT2D eigenvalue weighted by Gasteiger charge is -2.10. The van der Waals surface area contributed by atoms with Crippen molar-refractivity contribution in [1.82, 2.24) is 9.78 Å². The molecule has 1 aliphatic rings. The van der Waals surface area contributed by atoms with Crippen LogP contribution in [0.3, 0.4) is 0 Å². The number of aliphatic carboxylic acids is 1. The fourth-order valence-electron chi connectivity index (χ4n) is 1.85. The summed E-state index contributed by atoms with van der Waals surface area (Å²) in [6.07, 6.45) is 0.0177.